The average Bonchev–Trinajstić information content (AvgIpc) is 2.40. The molecule has 0 fully saturated rings. The van der Waals surface area contributed by atoms with E-state index in [1.165, 1.54) is 24.3 Å². The van der Waals surface area contributed by atoms with Crippen molar-refractivity contribution in [3.63, 3.8) is 0 Å². The van der Waals surface area contributed by atoms with Crippen LogP contribution in [0.2, 0.25) is 15.3 Å². The minimum Gasteiger partial charge on any atom is -0.321 e. The van der Waals surface area contributed by atoms with Crippen molar-refractivity contribution >= 4 is 46.4 Å². The Hall–Kier alpha value is -1.80. The number of hydrogen-bond acceptors (Lipinski definition) is 3. The smallest absolute Gasteiger partial charge is 0.255 e. The minimum atomic E-state index is -0.451. The molecule has 0 atom stereocenters. The average molecular weight is 327 g/mol. The van der Waals surface area contributed by atoms with Gasteiger partial charge in [0, 0.05) is 5.56 Å². The van der Waals surface area contributed by atoms with Gasteiger partial charge in [0.2, 0.25) is 0 Å². The summed E-state index contributed by atoms with van der Waals surface area (Å²) < 4.78 is 0. The summed E-state index contributed by atoms with van der Waals surface area (Å²) in [6.45, 7) is 0. The molecule has 4 nitrogen and oxygen atoms in total. The van der Waals surface area contributed by atoms with E-state index in [4.69, 9.17) is 40.1 Å². The second kappa shape index (κ2) is 6.10. The van der Waals surface area contributed by atoms with E-state index in [2.05, 4.69) is 10.3 Å². The van der Waals surface area contributed by atoms with Gasteiger partial charge in [-0.1, -0.05) is 34.8 Å². The highest BCUT2D eigenvalue weighted by Gasteiger charge is 2.11. The zero-order valence-corrected chi connectivity index (χ0v) is 12.1. The summed E-state index contributed by atoms with van der Waals surface area (Å²) in [5, 5.41) is 12.0. The SMILES string of the molecule is N#Cc1ccc(Cl)c(NC(=O)c2cc(Cl)nc(Cl)c2)c1. The van der Waals surface area contributed by atoms with E-state index in [1.54, 1.807) is 6.07 Å². The quantitative estimate of drug-likeness (QED) is 0.842. The first kappa shape index (κ1) is 14.6. The normalized spacial score (nSPS) is 9.90. The summed E-state index contributed by atoms with van der Waals surface area (Å²) in [7, 11) is 0. The molecule has 0 aliphatic rings. The Kier molecular flexibility index (Phi) is 4.46. The monoisotopic (exact) mass is 325 g/mol. The highest BCUT2D eigenvalue weighted by molar-refractivity contribution is 6.34. The molecule has 1 N–H and O–H groups in total. The van der Waals surface area contributed by atoms with Crippen LogP contribution < -0.4 is 5.32 Å². The molecule has 2 aromatic rings. The molecule has 0 bridgehead atoms. The van der Waals surface area contributed by atoms with Crippen LogP contribution in [0.25, 0.3) is 0 Å². The van der Waals surface area contributed by atoms with Crippen LogP contribution in [0.1, 0.15) is 15.9 Å². The Morgan fingerprint density at radius 3 is 2.40 bits per heavy atom. The van der Waals surface area contributed by atoms with Gasteiger partial charge in [-0.2, -0.15) is 5.26 Å². The topological polar surface area (TPSA) is 65.8 Å². The molecule has 0 saturated heterocycles. The molecule has 1 aromatic carbocycles. The van der Waals surface area contributed by atoms with Crippen LogP contribution in [0, 0.1) is 11.3 Å². The van der Waals surface area contributed by atoms with Crippen molar-refractivity contribution in [2.75, 3.05) is 5.32 Å². The Morgan fingerprint density at radius 1 is 1.15 bits per heavy atom. The van der Waals surface area contributed by atoms with Crippen LogP contribution in [0.4, 0.5) is 5.69 Å². The molecule has 20 heavy (non-hydrogen) atoms. The lowest BCUT2D eigenvalue weighted by molar-refractivity contribution is 0.102. The van der Waals surface area contributed by atoms with Gasteiger partial charge < -0.3 is 5.32 Å². The number of pyridine rings is 1. The summed E-state index contributed by atoms with van der Waals surface area (Å²) in [6, 6.07) is 9.28. The van der Waals surface area contributed by atoms with E-state index >= 15 is 0 Å². The van der Waals surface area contributed by atoms with Crippen LogP contribution in [0.5, 0.6) is 0 Å². The van der Waals surface area contributed by atoms with E-state index in [9.17, 15) is 4.79 Å². The number of nitriles is 1. The van der Waals surface area contributed by atoms with Gasteiger partial charge in [-0.05, 0) is 30.3 Å². The van der Waals surface area contributed by atoms with Crippen LogP contribution >= 0.6 is 34.8 Å². The molecule has 0 unspecified atom stereocenters. The molecule has 0 aliphatic carbocycles. The Labute approximate surface area is 129 Å². The maximum absolute atomic E-state index is 12.1. The number of nitrogens with one attached hydrogen (secondary N) is 1. The fourth-order valence-corrected chi connectivity index (χ4v) is 2.11. The summed E-state index contributed by atoms with van der Waals surface area (Å²) in [6.07, 6.45) is 0. The fraction of sp³-hybridized carbons (Fsp3) is 0. The Morgan fingerprint density at radius 2 is 1.80 bits per heavy atom. The second-order valence-corrected chi connectivity index (χ2v) is 4.94. The van der Waals surface area contributed by atoms with E-state index in [-0.39, 0.29) is 15.9 Å². The highest BCUT2D eigenvalue weighted by atomic mass is 35.5. The zero-order valence-electron chi connectivity index (χ0n) is 9.82. The first-order chi connectivity index (χ1) is 9.49. The van der Waals surface area contributed by atoms with E-state index < -0.39 is 5.91 Å². The predicted molar refractivity (Wildman–Crippen MR) is 78.4 cm³/mol. The van der Waals surface area contributed by atoms with Gasteiger partial charge in [0.05, 0.1) is 22.3 Å². The first-order valence-electron chi connectivity index (χ1n) is 5.33. The van der Waals surface area contributed by atoms with Gasteiger partial charge >= 0.3 is 0 Å². The summed E-state index contributed by atoms with van der Waals surface area (Å²) in [4.78, 5) is 15.8. The molecule has 0 saturated carbocycles. The lowest BCUT2D eigenvalue weighted by atomic mass is 10.2. The summed E-state index contributed by atoms with van der Waals surface area (Å²) in [5.74, 6) is -0.451. The number of halogens is 3. The van der Waals surface area contributed by atoms with Gasteiger partial charge in [0.1, 0.15) is 10.3 Å². The molecule has 1 amide bonds. The Balaban J connectivity index is 2.30. The van der Waals surface area contributed by atoms with Gasteiger partial charge in [0.25, 0.3) is 5.91 Å². The Bertz CT molecular complexity index is 705. The standard InChI is InChI=1S/C13H6Cl3N3O/c14-9-2-1-7(6-17)3-10(9)18-13(20)8-4-11(15)19-12(16)5-8/h1-5H,(H,18,20). The lowest BCUT2D eigenvalue weighted by Gasteiger charge is -2.08. The molecule has 100 valence electrons. The number of anilines is 1. The van der Waals surface area contributed by atoms with Gasteiger partial charge in [-0.25, -0.2) is 4.98 Å². The summed E-state index contributed by atoms with van der Waals surface area (Å²) in [5.41, 5.74) is 0.962. The molecule has 2 rings (SSSR count). The maximum Gasteiger partial charge on any atom is 0.255 e. The van der Waals surface area contributed by atoms with Crippen molar-refractivity contribution in [2.24, 2.45) is 0 Å². The number of nitrogens with zero attached hydrogens (tertiary/aromatic N) is 2. The molecule has 1 aromatic heterocycles. The third-order valence-corrected chi connectivity index (χ3v) is 3.09. The van der Waals surface area contributed by atoms with Crippen LogP contribution in [0.15, 0.2) is 30.3 Å². The van der Waals surface area contributed by atoms with Gasteiger partial charge in [-0.15, -0.1) is 0 Å². The third-order valence-electron chi connectivity index (χ3n) is 2.37. The molecule has 0 radical (unpaired) electrons. The number of benzene rings is 1. The van der Waals surface area contributed by atoms with Crippen molar-refractivity contribution in [1.82, 2.24) is 4.98 Å². The second-order valence-electron chi connectivity index (χ2n) is 3.76. The van der Waals surface area contributed by atoms with Gasteiger partial charge in [-0.3, -0.25) is 4.79 Å². The van der Waals surface area contributed by atoms with Gasteiger partial charge in [0.15, 0.2) is 0 Å². The first-order valence-corrected chi connectivity index (χ1v) is 6.47. The number of carbonyl (C=O) groups is 1. The number of carbonyl (C=O) groups excluding carboxylic acids is 1. The molecule has 0 spiro atoms. The predicted octanol–water partition coefficient (Wildman–Crippen LogP) is 4.17. The largest absolute Gasteiger partial charge is 0.321 e. The maximum atomic E-state index is 12.1. The fourth-order valence-electron chi connectivity index (χ4n) is 1.48. The number of hydrogen-bond donors (Lipinski definition) is 1. The summed E-state index contributed by atoms with van der Waals surface area (Å²) >= 11 is 17.4. The zero-order chi connectivity index (χ0) is 14.7. The minimum absolute atomic E-state index is 0.111. The third kappa shape index (κ3) is 3.40. The number of amides is 1. The molecule has 1 heterocycles. The van der Waals surface area contributed by atoms with E-state index in [1.807, 2.05) is 6.07 Å². The lowest BCUT2D eigenvalue weighted by Crippen LogP contribution is -2.12. The number of aromatic nitrogens is 1. The van der Waals surface area contributed by atoms with Crippen molar-refractivity contribution in [1.29, 1.82) is 5.26 Å². The molecular weight excluding hydrogens is 321 g/mol. The van der Waals surface area contributed by atoms with Crippen molar-refractivity contribution in [2.45, 2.75) is 0 Å². The van der Waals surface area contributed by atoms with Crippen LogP contribution in [-0.4, -0.2) is 10.9 Å². The molecule has 0 aliphatic heterocycles. The molecular formula is C13H6Cl3N3O. The van der Waals surface area contributed by atoms with Crippen molar-refractivity contribution in [3.8, 4) is 6.07 Å². The van der Waals surface area contributed by atoms with E-state index in [0.29, 0.717) is 16.3 Å². The van der Waals surface area contributed by atoms with Crippen molar-refractivity contribution in [3.05, 3.63) is 56.8 Å². The highest BCUT2D eigenvalue weighted by Crippen LogP contribution is 2.24. The van der Waals surface area contributed by atoms with Crippen molar-refractivity contribution < 1.29 is 4.79 Å². The van der Waals surface area contributed by atoms with E-state index in [0.717, 1.165) is 0 Å². The van der Waals surface area contributed by atoms with Crippen LogP contribution in [0.3, 0.4) is 0 Å². The number of rotatable bonds is 2. The molecule has 7 heteroatoms. The van der Waals surface area contributed by atoms with Crippen LogP contribution in [-0.2, 0) is 0 Å².